The molecule has 0 amide bonds. The van der Waals surface area contributed by atoms with Gasteiger partial charge >= 0.3 is 0 Å². The topological polar surface area (TPSA) is 23.1 Å². The van der Waals surface area contributed by atoms with Crippen molar-refractivity contribution in [3.05, 3.63) is 76.7 Å². The molecule has 0 aromatic heterocycles. The molecule has 1 atom stereocenters. The van der Waals surface area contributed by atoms with Crippen molar-refractivity contribution in [2.75, 3.05) is 0 Å². The van der Waals surface area contributed by atoms with Gasteiger partial charge in [0.05, 0.1) is 0 Å². The maximum Gasteiger partial charge on any atom is 0.135 e. The molecule has 0 bridgehead atoms. The predicted molar refractivity (Wildman–Crippen MR) is 73.7 cm³/mol. The molecule has 98 valence electrons. The Morgan fingerprint density at radius 1 is 0.895 bits per heavy atom. The minimum atomic E-state index is -1.18. The summed E-state index contributed by atoms with van der Waals surface area (Å²) in [5.74, 6) is -0.279. The van der Waals surface area contributed by atoms with Gasteiger partial charge in [-0.15, -0.1) is 0 Å². The normalized spacial score (nSPS) is 12.8. The molecule has 0 saturated heterocycles. The van der Waals surface area contributed by atoms with Crippen LogP contribution in [0.5, 0.6) is 0 Å². The molecule has 0 aliphatic heterocycles. The van der Waals surface area contributed by atoms with Gasteiger partial charge in [0.2, 0.25) is 0 Å². The Bertz CT molecular complexity index is 549. The van der Waals surface area contributed by atoms with Crippen molar-refractivity contribution >= 4 is 17.3 Å². The molecule has 0 heterocycles. The SMILES string of the molecule is [O-][S+](/C=C/c1ccc(F)cc1)Cc1ccc(F)cc1. The van der Waals surface area contributed by atoms with Crippen LogP contribution in [0.25, 0.3) is 6.08 Å². The minimum absolute atomic E-state index is 0.301. The van der Waals surface area contributed by atoms with Gasteiger partial charge in [-0.2, -0.15) is 0 Å². The van der Waals surface area contributed by atoms with E-state index in [1.165, 1.54) is 24.3 Å². The number of hydrogen-bond donors (Lipinski definition) is 0. The maximum absolute atomic E-state index is 12.7. The molecule has 0 radical (unpaired) electrons. The van der Waals surface area contributed by atoms with Gasteiger partial charge in [-0.3, -0.25) is 0 Å². The van der Waals surface area contributed by atoms with Crippen LogP contribution in [0.1, 0.15) is 11.1 Å². The number of benzene rings is 2. The van der Waals surface area contributed by atoms with Crippen molar-refractivity contribution < 1.29 is 13.3 Å². The summed E-state index contributed by atoms with van der Waals surface area (Å²) in [6.45, 7) is 0. The quantitative estimate of drug-likeness (QED) is 0.778. The Morgan fingerprint density at radius 2 is 1.42 bits per heavy atom. The molecule has 19 heavy (non-hydrogen) atoms. The molecule has 0 spiro atoms. The fraction of sp³-hybridized carbons (Fsp3) is 0.0667. The fourth-order valence-electron chi connectivity index (χ4n) is 1.52. The lowest BCUT2D eigenvalue weighted by Crippen LogP contribution is -1.99. The van der Waals surface area contributed by atoms with Crippen molar-refractivity contribution in [2.24, 2.45) is 0 Å². The lowest BCUT2D eigenvalue weighted by molar-refractivity contribution is 0.602. The van der Waals surface area contributed by atoms with Crippen molar-refractivity contribution in [2.45, 2.75) is 5.75 Å². The summed E-state index contributed by atoms with van der Waals surface area (Å²) >= 11 is -1.18. The summed E-state index contributed by atoms with van der Waals surface area (Å²) in [4.78, 5) is 0. The first-order valence-electron chi connectivity index (χ1n) is 5.69. The van der Waals surface area contributed by atoms with Crippen LogP contribution in [0.15, 0.2) is 53.9 Å². The Balaban J connectivity index is 1.95. The molecule has 1 unspecified atom stereocenters. The predicted octanol–water partition coefficient (Wildman–Crippen LogP) is 3.88. The molecular formula is C15H12F2OS. The smallest absolute Gasteiger partial charge is 0.135 e. The Hall–Kier alpha value is -1.65. The highest BCUT2D eigenvalue weighted by atomic mass is 32.2. The largest absolute Gasteiger partial charge is 0.612 e. The van der Waals surface area contributed by atoms with Crippen LogP contribution in [0.4, 0.5) is 8.78 Å². The molecule has 0 aliphatic carbocycles. The summed E-state index contributed by atoms with van der Waals surface area (Å²) in [5, 5.41) is 1.55. The van der Waals surface area contributed by atoms with Gasteiger partial charge in [0.25, 0.3) is 0 Å². The standard InChI is InChI=1S/C15H12F2OS/c16-14-5-1-12(2-6-14)9-10-19(18)11-13-3-7-15(17)8-4-13/h1-10H,11H2/b10-9+. The molecule has 1 nitrogen and oxygen atoms in total. The van der Waals surface area contributed by atoms with Crippen LogP contribution < -0.4 is 0 Å². The second kappa shape index (κ2) is 6.50. The van der Waals surface area contributed by atoms with E-state index in [2.05, 4.69) is 0 Å². The van der Waals surface area contributed by atoms with Crippen LogP contribution in [0.2, 0.25) is 0 Å². The summed E-state index contributed by atoms with van der Waals surface area (Å²) in [6.07, 6.45) is 1.68. The van der Waals surface area contributed by atoms with Crippen molar-refractivity contribution in [1.82, 2.24) is 0 Å². The van der Waals surface area contributed by atoms with E-state index in [1.54, 1.807) is 35.7 Å². The maximum atomic E-state index is 12.7. The van der Waals surface area contributed by atoms with Crippen molar-refractivity contribution in [3.63, 3.8) is 0 Å². The molecule has 0 aliphatic rings. The molecule has 0 saturated carbocycles. The fourth-order valence-corrected chi connectivity index (χ4v) is 2.45. The van der Waals surface area contributed by atoms with E-state index in [1.807, 2.05) is 0 Å². The lowest BCUT2D eigenvalue weighted by Gasteiger charge is -2.05. The van der Waals surface area contributed by atoms with E-state index >= 15 is 0 Å². The molecule has 0 fully saturated rings. The van der Waals surface area contributed by atoms with Gasteiger partial charge in [-0.1, -0.05) is 24.3 Å². The van der Waals surface area contributed by atoms with E-state index in [9.17, 15) is 13.3 Å². The highest BCUT2D eigenvalue weighted by molar-refractivity contribution is 7.93. The van der Waals surface area contributed by atoms with E-state index < -0.39 is 11.2 Å². The third kappa shape index (κ3) is 4.50. The lowest BCUT2D eigenvalue weighted by atomic mass is 10.2. The molecule has 2 aromatic carbocycles. The first-order chi connectivity index (χ1) is 9.13. The van der Waals surface area contributed by atoms with Crippen LogP contribution >= 0.6 is 0 Å². The number of hydrogen-bond acceptors (Lipinski definition) is 1. The summed E-state index contributed by atoms with van der Waals surface area (Å²) in [5.41, 5.74) is 1.59. The van der Waals surface area contributed by atoms with Crippen molar-refractivity contribution in [1.29, 1.82) is 0 Å². The van der Waals surface area contributed by atoms with E-state index in [-0.39, 0.29) is 11.6 Å². The molecule has 4 heteroatoms. The zero-order valence-corrected chi connectivity index (χ0v) is 10.9. The zero-order valence-electron chi connectivity index (χ0n) is 10.1. The average molecular weight is 278 g/mol. The molecular weight excluding hydrogens is 266 g/mol. The second-order valence-electron chi connectivity index (χ2n) is 4.01. The first-order valence-corrected chi connectivity index (χ1v) is 7.07. The molecule has 0 N–H and O–H groups in total. The zero-order chi connectivity index (χ0) is 13.7. The van der Waals surface area contributed by atoms with E-state index in [4.69, 9.17) is 0 Å². The third-order valence-corrected chi connectivity index (χ3v) is 3.56. The van der Waals surface area contributed by atoms with Gasteiger partial charge in [-0.05, 0) is 47.1 Å². The third-order valence-electron chi connectivity index (χ3n) is 2.50. The highest BCUT2D eigenvalue weighted by Gasteiger charge is 2.04. The van der Waals surface area contributed by atoms with Gasteiger partial charge in [0, 0.05) is 5.56 Å². The van der Waals surface area contributed by atoms with Gasteiger partial charge in [-0.25, -0.2) is 8.78 Å². The molecule has 2 aromatic rings. The van der Waals surface area contributed by atoms with Gasteiger partial charge in [0.1, 0.15) is 22.8 Å². The van der Waals surface area contributed by atoms with Crippen molar-refractivity contribution in [3.8, 4) is 0 Å². The highest BCUT2D eigenvalue weighted by Crippen LogP contribution is 2.11. The van der Waals surface area contributed by atoms with Crippen LogP contribution in [0.3, 0.4) is 0 Å². The average Bonchev–Trinajstić information content (AvgIpc) is 2.41. The summed E-state index contributed by atoms with van der Waals surface area (Å²) < 4.78 is 37.2. The molecule has 2 rings (SSSR count). The van der Waals surface area contributed by atoms with Crippen LogP contribution in [-0.2, 0) is 16.9 Å². The number of rotatable bonds is 4. The Labute approximate surface area is 113 Å². The van der Waals surface area contributed by atoms with E-state index in [0.717, 1.165) is 11.1 Å². The Morgan fingerprint density at radius 3 is 2.00 bits per heavy atom. The summed E-state index contributed by atoms with van der Waals surface area (Å²) in [6, 6.07) is 11.8. The number of halogens is 2. The monoisotopic (exact) mass is 278 g/mol. The van der Waals surface area contributed by atoms with E-state index in [0.29, 0.717) is 5.75 Å². The van der Waals surface area contributed by atoms with Gasteiger partial charge < -0.3 is 4.55 Å². The van der Waals surface area contributed by atoms with Crippen LogP contribution in [-0.4, -0.2) is 4.55 Å². The summed E-state index contributed by atoms with van der Waals surface area (Å²) in [7, 11) is 0. The minimum Gasteiger partial charge on any atom is -0.612 e. The van der Waals surface area contributed by atoms with Crippen LogP contribution in [0, 0.1) is 11.6 Å². The Kier molecular flexibility index (Phi) is 4.71. The second-order valence-corrected chi connectivity index (χ2v) is 5.33. The van der Waals surface area contributed by atoms with Gasteiger partial charge in [0.15, 0.2) is 0 Å². The first kappa shape index (κ1) is 13.8.